The van der Waals surface area contributed by atoms with Gasteiger partial charge in [0.1, 0.15) is 5.75 Å². The van der Waals surface area contributed by atoms with Gasteiger partial charge in [-0.1, -0.05) is 40.6 Å². The largest absolute Gasteiger partial charge is 0.481 e. The number of amides is 1. The van der Waals surface area contributed by atoms with Gasteiger partial charge in [0.25, 0.3) is 5.91 Å². The minimum Gasteiger partial charge on any atom is -0.481 e. The quantitative estimate of drug-likeness (QED) is 0.529. The van der Waals surface area contributed by atoms with Crippen LogP contribution in [0.15, 0.2) is 48.5 Å². The molecule has 4 rings (SSSR count). The maximum absolute atomic E-state index is 12.4. The number of nitrogens with zero attached hydrogens (tertiary/aromatic N) is 4. The van der Waals surface area contributed by atoms with Gasteiger partial charge < -0.3 is 4.74 Å². The summed E-state index contributed by atoms with van der Waals surface area (Å²) in [6.07, 6.45) is -0.673. The van der Waals surface area contributed by atoms with E-state index in [4.69, 9.17) is 16.3 Å². The fourth-order valence-electron chi connectivity index (χ4n) is 2.53. The summed E-state index contributed by atoms with van der Waals surface area (Å²) in [7, 11) is 0. The number of anilines is 1. The van der Waals surface area contributed by atoms with Crippen LogP contribution in [0.25, 0.3) is 16.3 Å². The van der Waals surface area contributed by atoms with E-state index in [2.05, 4.69) is 20.6 Å². The van der Waals surface area contributed by atoms with Gasteiger partial charge in [0.05, 0.1) is 0 Å². The van der Waals surface area contributed by atoms with Crippen molar-refractivity contribution in [2.24, 2.45) is 0 Å². The zero-order valence-electron chi connectivity index (χ0n) is 15.1. The highest BCUT2D eigenvalue weighted by Crippen LogP contribution is 2.25. The number of nitrogens with one attached hydrogen (secondary N) is 1. The van der Waals surface area contributed by atoms with Crippen molar-refractivity contribution < 1.29 is 9.53 Å². The zero-order valence-corrected chi connectivity index (χ0v) is 16.7. The highest BCUT2D eigenvalue weighted by atomic mass is 35.5. The molecule has 0 unspecified atom stereocenters. The molecule has 1 atom stereocenters. The van der Waals surface area contributed by atoms with Gasteiger partial charge in [-0.3, -0.25) is 10.1 Å². The molecule has 4 aromatic rings. The molecule has 0 aliphatic heterocycles. The number of carbonyl (C=O) groups is 1. The third-order valence-corrected chi connectivity index (χ3v) is 5.09. The fourth-order valence-corrected chi connectivity index (χ4v) is 3.40. The first-order valence-corrected chi connectivity index (χ1v) is 9.71. The van der Waals surface area contributed by atoms with Crippen molar-refractivity contribution >= 4 is 38.9 Å². The summed E-state index contributed by atoms with van der Waals surface area (Å²) in [5.41, 5.74) is 1.96. The summed E-state index contributed by atoms with van der Waals surface area (Å²) in [6.45, 7) is 3.68. The molecule has 0 saturated carbocycles. The monoisotopic (exact) mass is 413 g/mol. The SMILES string of the molecule is Cc1ccc(O[C@H](C)C(=O)Nc2nn3c(-c4ccc(Cl)cc4)nnc3s2)cc1. The van der Waals surface area contributed by atoms with Crippen LogP contribution in [0, 0.1) is 6.92 Å². The average molecular weight is 414 g/mol. The molecule has 2 aromatic heterocycles. The molecule has 142 valence electrons. The van der Waals surface area contributed by atoms with E-state index >= 15 is 0 Å². The van der Waals surface area contributed by atoms with Crippen LogP contribution in [0.3, 0.4) is 0 Å². The second-order valence-corrected chi connectivity index (χ2v) is 7.59. The van der Waals surface area contributed by atoms with E-state index in [1.165, 1.54) is 11.3 Å². The third-order valence-electron chi connectivity index (χ3n) is 4.03. The first-order chi connectivity index (χ1) is 13.5. The third kappa shape index (κ3) is 3.83. The standard InChI is InChI=1S/C19H16ClN5O2S/c1-11-3-9-15(10-4-11)27-12(2)17(26)21-18-24-25-16(22-23-19(25)28-18)13-5-7-14(20)8-6-13/h3-10,12H,1-2H3,(H,21,24,26)/t12-/m1/s1. The normalized spacial score (nSPS) is 12.1. The van der Waals surface area contributed by atoms with Crippen LogP contribution in [-0.4, -0.2) is 31.8 Å². The molecule has 2 aromatic carbocycles. The van der Waals surface area contributed by atoms with E-state index in [0.29, 0.717) is 26.7 Å². The number of ether oxygens (including phenoxy) is 1. The smallest absolute Gasteiger partial charge is 0.266 e. The Hall–Kier alpha value is -2.97. The summed E-state index contributed by atoms with van der Waals surface area (Å²) < 4.78 is 7.27. The summed E-state index contributed by atoms with van der Waals surface area (Å²) >= 11 is 7.17. The van der Waals surface area contributed by atoms with Crippen molar-refractivity contribution in [2.75, 3.05) is 5.32 Å². The second-order valence-electron chi connectivity index (χ2n) is 6.19. The Labute approximate surface area is 169 Å². The van der Waals surface area contributed by atoms with Crippen LogP contribution in [-0.2, 0) is 4.79 Å². The van der Waals surface area contributed by atoms with Gasteiger partial charge in [-0.15, -0.1) is 15.3 Å². The van der Waals surface area contributed by atoms with Crippen molar-refractivity contribution in [1.82, 2.24) is 19.8 Å². The molecule has 1 N–H and O–H groups in total. The van der Waals surface area contributed by atoms with E-state index in [0.717, 1.165) is 11.1 Å². The number of carbonyl (C=O) groups excluding carboxylic acids is 1. The number of benzene rings is 2. The van der Waals surface area contributed by atoms with Crippen LogP contribution < -0.4 is 10.1 Å². The van der Waals surface area contributed by atoms with Crippen LogP contribution in [0.5, 0.6) is 5.75 Å². The van der Waals surface area contributed by atoms with Crippen molar-refractivity contribution in [3.8, 4) is 17.1 Å². The molecule has 0 saturated heterocycles. The summed E-state index contributed by atoms with van der Waals surface area (Å²) in [4.78, 5) is 13.0. The van der Waals surface area contributed by atoms with Gasteiger partial charge >= 0.3 is 0 Å². The van der Waals surface area contributed by atoms with Crippen LogP contribution in [0.1, 0.15) is 12.5 Å². The molecule has 0 aliphatic carbocycles. The molecule has 0 bridgehead atoms. The Balaban J connectivity index is 1.49. The fraction of sp³-hybridized carbons (Fsp3) is 0.158. The minimum atomic E-state index is -0.673. The Kier molecular flexibility index (Phi) is 4.97. The maximum Gasteiger partial charge on any atom is 0.266 e. The van der Waals surface area contributed by atoms with Gasteiger partial charge in [-0.05, 0) is 50.2 Å². The zero-order chi connectivity index (χ0) is 19.7. The lowest BCUT2D eigenvalue weighted by atomic mass is 10.2. The number of hydrogen-bond donors (Lipinski definition) is 1. The van der Waals surface area contributed by atoms with Crippen molar-refractivity contribution in [3.05, 3.63) is 59.1 Å². The van der Waals surface area contributed by atoms with Gasteiger partial charge in [-0.2, -0.15) is 4.52 Å². The van der Waals surface area contributed by atoms with Gasteiger partial charge in [-0.25, -0.2) is 0 Å². The van der Waals surface area contributed by atoms with Crippen LogP contribution in [0.2, 0.25) is 5.02 Å². The van der Waals surface area contributed by atoms with Gasteiger partial charge in [0.2, 0.25) is 10.1 Å². The van der Waals surface area contributed by atoms with E-state index in [9.17, 15) is 4.79 Å². The molecule has 0 fully saturated rings. The highest BCUT2D eigenvalue weighted by molar-refractivity contribution is 7.20. The number of aromatic nitrogens is 4. The van der Waals surface area contributed by atoms with Crippen molar-refractivity contribution in [3.63, 3.8) is 0 Å². The van der Waals surface area contributed by atoms with E-state index in [-0.39, 0.29) is 5.91 Å². The number of aryl methyl sites for hydroxylation is 1. The molecular weight excluding hydrogens is 398 g/mol. The maximum atomic E-state index is 12.4. The van der Waals surface area contributed by atoms with Crippen LogP contribution in [0.4, 0.5) is 5.13 Å². The summed E-state index contributed by atoms with van der Waals surface area (Å²) in [5, 5.41) is 16.5. The Morgan fingerprint density at radius 1 is 1.14 bits per heavy atom. The lowest BCUT2D eigenvalue weighted by Crippen LogP contribution is -2.30. The average Bonchev–Trinajstić information content (AvgIpc) is 3.24. The van der Waals surface area contributed by atoms with Crippen molar-refractivity contribution in [2.45, 2.75) is 20.0 Å². The van der Waals surface area contributed by atoms with Gasteiger partial charge in [0.15, 0.2) is 11.9 Å². The molecule has 0 aliphatic rings. The number of hydrogen-bond acceptors (Lipinski definition) is 6. The molecule has 1 amide bonds. The van der Waals surface area contributed by atoms with E-state index in [1.54, 1.807) is 23.6 Å². The summed E-state index contributed by atoms with van der Waals surface area (Å²) in [6, 6.07) is 14.8. The lowest BCUT2D eigenvalue weighted by Gasteiger charge is -2.13. The molecule has 9 heteroatoms. The minimum absolute atomic E-state index is 0.293. The first-order valence-electron chi connectivity index (χ1n) is 8.52. The van der Waals surface area contributed by atoms with Crippen molar-refractivity contribution in [1.29, 1.82) is 0 Å². The molecular formula is C19H16ClN5O2S. The summed E-state index contributed by atoms with van der Waals surface area (Å²) in [5.74, 6) is 0.919. The van der Waals surface area contributed by atoms with E-state index in [1.807, 2.05) is 43.3 Å². The van der Waals surface area contributed by atoms with Gasteiger partial charge in [0, 0.05) is 10.6 Å². The predicted octanol–water partition coefficient (Wildman–Crippen LogP) is 4.22. The number of halogens is 1. The number of fused-ring (bicyclic) bond motifs is 1. The first kappa shape index (κ1) is 18.4. The topological polar surface area (TPSA) is 81.4 Å². The predicted molar refractivity (Wildman–Crippen MR) is 109 cm³/mol. The molecule has 7 nitrogen and oxygen atoms in total. The Bertz CT molecular complexity index is 1120. The molecule has 0 radical (unpaired) electrons. The number of rotatable bonds is 5. The van der Waals surface area contributed by atoms with E-state index < -0.39 is 6.10 Å². The lowest BCUT2D eigenvalue weighted by molar-refractivity contribution is -0.122. The highest BCUT2D eigenvalue weighted by Gasteiger charge is 2.19. The molecule has 28 heavy (non-hydrogen) atoms. The second kappa shape index (κ2) is 7.57. The molecule has 0 spiro atoms. The van der Waals surface area contributed by atoms with Crippen LogP contribution >= 0.6 is 22.9 Å². The molecule has 2 heterocycles. The Morgan fingerprint density at radius 2 is 1.86 bits per heavy atom. The Morgan fingerprint density at radius 3 is 2.57 bits per heavy atom.